The summed E-state index contributed by atoms with van der Waals surface area (Å²) in [6.45, 7) is 3.13. The minimum atomic E-state index is -0.254. The van der Waals surface area contributed by atoms with Crippen LogP contribution in [-0.2, 0) is 18.0 Å². The first-order valence-electron chi connectivity index (χ1n) is 11.9. The Kier molecular flexibility index (Phi) is 5.71. The van der Waals surface area contributed by atoms with Gasteiger partial charge in [0.15, 0.2) is 0 Å². The van der Waals surface area contributed by atoms with Crippen molar-refractivity contribution < 1.29 is 14.3 Å². The van der Waals surface area contributed by atoms with Crippen LogP contribution in [0.4, 0.5) is 5.82 Å². The molecule has 8 heteroatoms. The van der Waals surface area contributed by atoms with Crippen molar-refractivity contribution in [1.29, 1.82) is 0 Å². The number of halogens is 1. The van der Waals surface area contributed by atoms with Crippen LogP contribution in [-0.4, -0.2) is 34.4 Å². The molecule has 4 aromatic rings. The van der Waals surface area contributed by atoms with Crippen LogP contribution < -0.4 is 10.5 Å². The number of ether oxygens (including phenoxy) is 2. The minimum Gasteiger partial charge on any atom is -0.491 e. The van der Waals surface area contributed by atoms with Gasteiger partial charge in [0.2, 0.25) is 0 Å². The van der Waals surface area contributed by atoms with Crippen molar-refractivity contribution in [3.8, 4) is 17.6 Å². The van der Waals surface area contributed by atoms with Crippen LogP contribution in [0.3, 0.4) is 0 Å². The highest BCUT2D eigenvalue weighted by atomic mass is 35.5. The Labute approximate surface area is 219 Å². The standard InChI is InChI=1S/C29H23ClN4O3/c1-16-18(4-3-9-32-16)7-5-17-6-8-19-26(15-37-27(19)10-17)34(2)29(35)21-11-20-22-13-36-14-23(22)28(31)33-25(20)12-24(21)30/h3-4,6,8-12,26H,13-15H2,1-2H3,(H2,31,33)/t26-/m1/s1. The molecule has 0 saturated heterocycles. The van der Waals surface area contributed by atoms with Crippen LogP contribution >= 0.6 is 11.6 Å². The number of nitrogens with zero attached hydrogens (tertiary/aromatic N) is 3. The lowest BCUT2D eigenvalue weighted by molar-refractivity contribution is 0.0709. The maximum absolute atomic E-state index is 13.6. The fourth-order valence-corrected chi connectivity index (χ4v) is 5.07. The van der Waals surface area contributed by atoms with Crippen molar-refractivity contribution in [2.24, 2.45) is 0 Å². The SMILES string of the molecule is Cc1ncccc1C#Cc1ccc2c(c1)OC[C@H]2N(C)C(=O)c1cc2c3c(c(N)nc2cc1Cl)COC3. The highest BCUT2D eigenvalue weighted by Crippen LogP contribution is 2.38. The molecular weight excluding hydrogens is 488 g/mol. The predicted molar refractivity (Wildman–Crippen MR) is 141 cm³/mol. The lowest BCUT2D eigenvalue weighted by atomic mass is 10.0. The summed E-state index contributed by atoms with van der Waals surface area (Å²) in [5.41, 5.74) is 12.5. The van der Waals surface area contributed by atoms with Crippen LogP contribution in [0.25, 0.3) is 10.9 Å². The molecular formula is C29H23ClN4O3. The van der Waals surface area contributed by atoms with Crippen LogP contribution in [0.1, 0.15) is 49.9 Å². The number of hydrogen-bond acceptors (Lipinski definition) is 6. The van der Waals surface area contributed by atoms with Crippen LogP contribution in [0.15, 0.2) is 48.7 Å². The van der Waals surface area contributed by atoms with Crippen molar-refractivity contribution in [2.75, 3.05) is 19.4 Å². The maximum atomic E-state index is 13.6. The van der Waals surface area contributed by atoms with E-state index in [0.29, 0.717) is 41.7 Å². The van der Waals surface area contributed by atoms with Gasteiger partial charge in [0.25, 0.3) is 5.91 Å². The number of likely N-dealkylation sites (N-methyl/N-ethyl adjacent to an activating group) is 1. The monoisotopic (exact) mass is 510 g/mol. The predicted octanol–water partition coefficient (Wildman–Crippen LogP) is 4.81. The molecule has 2 aromatic heterocycles. The van der Waals surface area contributed by atoms with Gasteiger partial charge in [-0.2, -0.15) is 0 Å². The van der Waals surface area contributed by atoms with Crippen molar-refractivity contribution >= 4 is 34.2 Å². The van der Waals surface area contributed by atoms with Gasteiger partial charge in [0, 0.05) is 40.9 Å². The van der Waals surface area contributed by atoms with E-state index >= 15 is 0 Å². The van der Waals surface area contributed by atoms with E-state index in [-0.39, 0.29) is 11.9 Å². The lowest BCUT2D eigenvalue weighted by Gasteiger charge is -2.24. The molecule has 0 spiro atoms. The molecule has 37 heavy (non-hydrogen) atoms. The number of aryl methyl sites for hydroxylation is 1. The van der Waals surface area contributed by atoms with Crippen molar-refractivity contribution in [3.63, 3.8) is 0 Å². The zero-order valence-electron chi connectivity index (χ0n) is 20.3. The number of benzene rings is 2. The van der Waals surface area contributed by atoms with E-state index in [2.05, 4.69) is 21.8 Å². The topological polar surface area (TPSA) is 90.6 Å². The van der Waals surface area contributed by atoms with Gasteiger partial charge in [-0.05, 0) is 48.9 Å². The molecule has 7 nitrogen and oxygen atoms in total. The second-order valence-corrected chi connectivity index (χ2v) is 9.59. The zero-order valence-corrected chi connectivity index (χ0v) is 21.1. The summed E-state index contributed by atoms with van der Waals surface area (Å²) in [6.07, 6.45) is 1.75. The Hall–Kier alpha value is -4.12. The Balaban J connectivity index is 1.29. The third-order valence-corrected chi connectivity index (χ3v) is 7.27. The number of aromatic nitrogens is 2. The second kappa shape index (κ2) is 9.07. The number of carbonyl (C=O) groups excluding carboxylic acids is 1. The van der Waals surface area contributed by atoms with E-state index < -0.39 is 0 Å². The van der Waals surface area contributed by atoms with Crippen molar-refractivity contribution in [2.45, 2.75) is 26.2 Å². The summed E-state index contributed by atoms with van der Waals surface area (Å²) < 4.78 is 11.5. The Bertz CT molecular complexity index is 1660. The number of carbonyl (C=O) groups is 1. The molecule has 0 radical (unpaired) electrons. The Morgan fingerprint density at radius 3 is 2.84 bits per heavy atom. The largest absolute Gasteiger partial charge is 0.491 e. The number of pyridine rings is 2. The van der Waals surface area contributed by atoms with Crippen LogP contribution in [0.5, 0.6) is 5.75 Å². The minimum absolute atomic E-state index is 0.200. The summed E-state index contributed by atoms with van der Waals surface area (Å²) in [6, 6.07) is 12.9. The molecule has 184 valence electrons. The molecule has 4 heterocycles. The molecule has 0 unspecified atom stereocenters. The summed E-state index contributed by atoms with van der Waals surface area (Å²) in [5, 5.41) is 1.16. The first-order chi connectivity index (χ1) is 17.9. The number of hydrogen-bond donors (Lipinski definition) is 1. The number of rotatable bonds is 2. The molecule has 2 aromatic carbocycles. The van der Waals surface area contributed by atoms with Gasteiger partial charge in [0.1, 0.15) is 18.2 Å². The van der Waals surface area contributed by atoms with Gasteiger partial charge in [-0.3, -0.25) is 9.78 Å². The van der Waals surface area contributed by atoms with Gasteiger partial charge in [-0.25, -0.2) is 4.98 Å². The molecule has 2 N–H and O–H groups in total. The maximum Gasteiger partial charge on any atom is 0.255 e. The summed E-state index contributed by atoms with van der Waals surface area (Å²) in [5.74, 6) is 7.30. The quantitative estimate of drug-likeness (QED) is 0.389. The van der Waals surface area contributed by atoms with E-state index in [0.717, 1.165) is 44.6 Å². The van der Waals surface area contributed by atoms with Gasteiger partial charge in [0.05, 0.1) is 41.1 Å². The van der Waals surface area contributed by atoms with E-state index in [1.54, 1.807) is 30.3 Å². The van der Waals surface area contributed by atoms with E-state index in [9.17, 15) is 4.79 Å². The van der Waals surface area contributed by atoms with Crippen LogP contribution in [0, 0.1) is 18.8 Å². The summed E-state index contributed by atoms with van der Waals surface area (Å²) in [4.78, 5) is 24.0. The number of fused-ring (bicyclic) bond motifs is 4. The lowest BCUT2D eigenvalue weighted by Crippen LogP contribution is -2.32. The number of amides is 1. The molecule has 2 aliphatic rings. The molecule has 6 rings (SSSR count). The highest BCUT2D eigenvalue weighted by molar-refractivity contribution is 6.34. The zero-order chi connectivity index (χ0) is 25.7. The third kappa shape index (κ3) is 4.05. The highest BCUT2D eigenvalue weighted by Gasteiger charge is 2.32. The van der Waals surface area contributed by atoms with Crippen molar-refractivity contribution in [3.05, 3.63) is 92.8 Å². The molecule has 0 fully saturated rings. The average molecular weight is 511 g/mol. The number of nitrogen functional groups attached to an aromatic ring is 1. The first kappa shape index (κ1) is 23.3. The fourth-order valence-electron chi connectivity index (χ4n) is 4.84. The Morgan fingerprint density at radius 1 is 1.16 bits per heavy atom. The molecule has 1 atom stereocenters. The van der Waals surface area contributed by atoms with Gasteiger partial charge >= 0.3 is 0 Å². The Morgan fingerprint density at radius 2 is 2.00 bits per heavy atom. The fraction of sp³-hybridized carbons (Fsp3) is 0.207. The van der Waals surface area contributed by atoms with E-state index in [1.807, 2.05) is 37.3 Å². The van der Waals surface area contributed by atoms with E-state index in [1.165, 1.54) is 0 Å². The molecule has 2 aliphatic heterocycles. The van der Waals surface area contributed by atoms with Crippen LogP contribution in [0.2, 0.25) is 5.02 Å². The van der Waals surface area contributed by atoms with Gasteiger partial charge in [-0.15, -0.1) is 0 Å². The number of nitrogens with two attached hydrogens (primary N) is 1. The molecule has 0 saturated carbocycles. The third-order valence-electron chi connectivity index (χ3n) is 6.95. The molecule has 1 amide bonds. The molecule has 0 aliphatic carbocycles. The normalized spacial score (nSPS) is 15.5. The second-order valence-electron chi connectivity index (χ2n) is 9.18. The average Bonchev–Trinajstić information content (AvgIpc) is 3.55. The summed E-state index contributed by atoms with van der Waals surface area (Å²) in [7, 11) is 1.76. The van der Waals surface area contributed by atoms with E-state index in [4.69, 9.17) is 26.8 Å². The smallest absolute Gasteiger partial charge is 0.255 e. The number of anilines is 1. The van der Waals surface area contributed by atoms with Gasteiger partial charge < -0.3 is 20.1 Å². The first-order valence-corrected chi connectivity index (χ1v) is 12.2. The summed E-state index contributed by atoms with van der Waals surface area (Å²) >= 11 is 6.56. The van der Waals surface area contributed by atoms with Gasteiger partial charge in [-0.1, -0.05) is 29.5 Å². The molecule has 0 bridgehead atoms. The van der Waals surface area contributed by atoms with Crippen molar-refractivity contribution in [1.82, 2.24) is 14.9 Å².